The molecule has 0 bridgehead atoms. The lowest BCUT2D eigenvalue weighted by atomic mass is 9.81. The quantitative estimate of drug-likeness (QED) is 0.0237. The molecule has 4 heterocycles. The average Bonchev–Trinajstić information content (AvgIpc) is 4.09. The monoisotopic (exact) mass is 1160 g/mol. The van der Waals surface area contributed by atoms with Gasteiger partial charge in [-0.25, -0.2) is 14.2 Å². The van der Waals surface area contributed by atoms with Crippen LogP contribution in [0.15, 0.2) is 47.3 Å². The highest BCUT2D eigenvalue weighted by atomic mass is 33.1. The molecule has 4 aromatic rings. The lowest BCUT2D eigenvalue weighted by Gasteiger charge is -2.31. The first-order valence-corrected chi connectivity index (χ1v) is 29.4. The number of amides is 7. The number of fused-ring (bicyclic) bond motifs is 5. The van der Waals surface area contributed by atoms with Gasteiger partial charge in [-0.3, -0.25) is 43.2 Å². The van der Waals surface area contributed by atoms with Crippen molar-refractivity contribution in [3.05, 3.63) is 97.6 Å². The molecular weight excluding hydrogens is 1090 g/mol. The summed E-state index contributed by atoms with van der Waals surface area (Å²) < 4.78 is 27.5. The normalized spacial score (nSPS) is 16.5. The number of hydrogen-bond acceptors (Lipinski definition) is 16. The fourth-order valence-electron chi connectivity index (χ4n) is 10.0. The molecule has 2 aromatic heterocycles. The molecule has 2 aromatic carbocycles. The van der Waals surface area contributed by atoms with Crippen LogP contribution in [-0.4, -0.2) is 124 Å². The van der Waals surface area contributed by atoms with Gasteiger partial charge in [0, 0.05) is 47.7 Å². The summed E-state index contributed by atoms with van der Waals surface area (Å²) in [6, 6.07) is 9.02. The number of ether oxygens (including phenoxy) is 2. The highest BCUT2D eigenvalue weighted by molar-refractivity contribution is 8.76. The number of aliphatic hydroxyl groups is 1. The van der Waals surface area contributed by atoms with E-state index in [-0.39, 0.29) is 68.8 Å². The number of aryl methyl sites for hydroxylation is 2. The fraction of sp³-hybridized carbons (Fsp3) is 0.482. The van der Waals surface area contributed by atoms with Gasteiger partial charge in [0.1, 0.15) is 30.1 Å². The molecule has 0 spiro atoms. The third kappa shape index (κ3) is 15.1. The van der Waals surface area contributed by atoms with E-state index in [4.69, 9.17) is 14.5 Å². The third-order valence-corrected chi connectivity index (χ3v) is 15.9. The van der Waals surface area contributed by atoms with Gasteiger partial charge in [0.25, 0.3) is 5.56 Å². The van der Waals surface area contributed by atoms with Gasteiger partial charge in [-0.1, -0.05) is 58.8 Å². The summed E-state index contributed by atoms with van der Waals surface area (Å²) in [6.45, 7) is 6.41. The molecule has 1 aliphatic carbocycles. The number of pyridine rings is 2. The Morgan fingerprint density at radius 2 is 1.56 bits per heavy atom. The van der Waals surface area contributed by atoms with Crippen LogP contribution < -0.4 is 42.8 Å². The van der Waals surface area contributed by atoms with Gasteiger partial charge in [-0.15, -0.1) is 0 Å². The molecule has 0 saturated carbocycles. The molecule has 0 fully saturated rings. The van der Waals surface area contributed by atoms with E-state index in [0.29, 0.717) is 64.0 Å². The van der Waals surface area contributed by atoms with Crippen LogP contribution in [-0.2, 0) is 84.2 Å². The van der Waals surface area contributed by atoms with Crippen molar-refractivity contribution in [3.8, 4) is 11.4 Å². The zero-order valence-electron chi connectivity index (χ0n) is 46.0. The van der Waals surface area contributed by atoms with Crippen molar-refractivity contribution >= 4 is 85.8 Å². The molecule has 0 radical (unpaired) electrons. The Morgan fingerprint density at radius 3 is 2.25 bits per heavy atom. The lowest BCUT2D eigenvalue weighted by Crippen LogP contribution is -2.52. The number of aromatic nitrogens is 2. The standard InChI is InChI=1S/C56H68FN9O13S2/c1-7-56(77)35-22-41-50-33(28-66(41)53(75)34(35)29-78-54(56)76)49-37(18-16-32-30(2)36(57)23-39(65-50)48(32)49)62-42(67)14-11-20-58-44(69)25-60-51(73)38(17-15-31-12-9-8-10-13-31)63-46(71)27-59-45(70)26-61-52(74)40(24-47(72)79-55(3,4)5)64-43(68)19-21-81-80-6/h8-10,12-13,22-23,37-38,40,77H,7,11,14-21,24-29H2,1-6H3,(H,58,69)(H,59,70)(H,60,73)(H,61,74)(H,62,67)(H,63,71)(H,64,68)/t37-,38-,40-,56-/m0/s1. The van der Waals surface area contributed by atoms with E-state index in [1.54, 1.807) is 40.7 Å². The smallest absolute Gasteiger partial charge is 0.343 e. The second kappa shape index (κ2) is 26.9. The van der Waals surface area contributed by atoms with E-state index in [0.717, 1.165) is 11.1 Å². The van der Waals surface area contributed by atoms with Gasteiger partial charge in [0.15, 0.2) is 5.60 Å². The molecule has 22 nitrogen and oxygen atoms in total. The van der Waals surface area contributed by atoms with E-state index in [2.05, 4.69) is 37.2 Å². The van der Waals surface area contributed by atoms with Crippen LogP contribution in [0.5, 0.6) is 0 Å². The number of rotatable bonds is 25. The molecule has 3 aliphatic rings. The fourth-order valence-corrected chi connectivity index (χ4v) is 11.2. The Labute approximate surface area is 474 Å². The van der Waals surface area contributed by atoms with E-state index in [9.17, 15) is 53.1 Å². The molecule has 4 atom stereocenters. The van der Waals surface area contributed by atoms with Crippen molar-refractivity contribution in [2.75, 3.05) is 38.2 Å². The average molecular weight is 1160 g/mol. The summed E-state index contributed by atoms with van der Waals surface area (Å²) in [5.74, 6) is -6.02. The maximum Gasteiger partial charge on any atom is 0.343 e. The number of benzene rings is 2. The Balaban J connectivity index is 0.910. The van der Waals surface area contributed by atoms with Crippen LogP contribution in [0.4, 0.5) is 4.39 Å². The Morgan fingerprint density at radius 1 is 0.877 bits per heavy atom. The molecule has 8 N–H and O–H groups in total. The van der Waals surface area contributed by atoms with Gasteiger partial charge < -0.3 is 56.4 Å². The minimum absolute atomic E-state index is 0.00774. The predicted molar refractivity (Wildman–Crippen MR) is 299 cm³/mol. The van der Waals surface area contributed by atoms with Crippen molar-refractivity contribution in [1.82, 2.24) is 46.8 Å². The molecule has 25 heteroatoms. The number of esters is 2. The summed E-state index contributed by atoms with van der Waals surface area (Å²) in [4.78, 5) is 136. The highest BCUT2D eigenvalue weighted by Gasteiger charge is 2.46. The zero-order valence-corrected chi connectivity index (χ0v) is 47.7. The summed E-state index contributed by atoms with van der Waals surface area (Å²) in [7, 11) is 2.91. The van der Waals surface area contributed by atoms with E-state index in [1.807, 2.05) is 36.6 Å². The van der Waals surface area contributed by atoms with Gasteiger partial charge in [-0.05, 0) is 101 Å². The molecule has 0 saturated heterocycles. The van der Waals surface area contributed by atoms with Crippen LogP contribution in [0.1, 0.15) is 118 Å². The molecule has 7 rings (SSSR count). The minimum atomic E-state index is -2.05. The summed E-state index contributed by atoms with van der Waals surface area (Å²) in [5, 5.41) is 30.3. The van der Waals surface area contributed by atoms with E-state index >= 15 is 4.39 Å². The predicted octanol–water partition coefficient (Wildman–Crippen LogP) is 2.61. The van der Waals surface area contributed by atoms with Crippen LogP contribution in [0.3, 0.4) is 0 Å². The SMILES string of the molecule is CC[C@@]1(O)C(=O)OCc2c1cc1n(c2=O)Cc2c-1nc1cc(F)c(C)c3c1c2[C@@H](NC(=O)CCCNC(=O)CNC(=O)[C@H](CCc1ccccc1)NC(=O)CNC(=O)CNC(=O)[C@H](CC(=O)OC(C)(C)C)NC(=O)CCSSC)CC3. The Hall–Kier alpha value is -7.38. The number of hydrogen-bond donors (Lipinski definition) is 8. The topological polar surface area (TPSA) is 311 Å². The Kier molecular flexibility index (Phi) is 20.4. The van der Waals surface area contributed by atoms with Crippen molar-refractivity contribution in [3.63, 3.8) is 0 Å². The number of nitrogens with one attached hydrogen (secondary N) is 7. The Bertz CT molecular complexity index is 3190. The zero-order chi connectivity index (χ0) is 58.8. The molecule has 81 heavy (non-hydrogen) atoms. The molecule has 2 aliphatic heterocycles. The summed E-state index contributed by atoms with van der Waals surface area (Å²) >= 11 is 0. The van der Waals surface area contributed by atoms with Crippen LogP contribution >= 0.6 is 21.6 Å². The first kappa shape index (κ1) is 61.2. The third-order valence-electron chi connectivity index (χ3n) is 14.1. The number of nitrogens with zero attached hydrogens (tertiary/aromatic N) is 2. The second-order valence-electron chi connectivity index (χ2n) is 20.9. The van der Waals surface area contributed by atoms with Crippen molar-refractivity contribution < 1.29 is 62.1 Å². The van der Waals surface area contributed by atoms with Gasteiger partial charge in [-0.2, -0.15) is 0 Å². The van der Waals surface area contributed by atoms with Gasteiger partial charge in [0.2, 0.25) is 41.4 Å². The highest BCUT2D eigenvalue weighted by Crippen LogP contribution is 2.46. The number of carbonyl (C=O) groups is 9. The molecular formula is C56H68FN9O13S2. The lowest BCUT2D eigenvalue weighted by molar-refractivity contribution is -0.172. The van der Waals surface area contributed by atoms with Crippen LogP contribution in [0, 0.1) is 12.7 Å². The summed E-state index contributed by atoms with van der Waals surface area (Å²) in [6.07, 6.45) is 2.92. The molecule has 7 amide bonds. The number of halogens is 1. The molecule has 0 unspecified atom stereocenters. The maximum atomic E-state index is 15.4. The maximum absolute atomic E-state index is 15.4. The van der Waals surface area contributed by atoms with Crippen LogP contribution in [0.2, 0.25) is 0 Å². The summed E-state index contributed by atoms with van der Waals surface area (Å²) in [5.41, 5.74) is 1.40. The number of carbonyl (C=O) groups excluding carboxylic acids is 9. The van der Waals surface area contributed by atoms with E-state index in [1.165, 1.54) is 32.2 Å². The molecule has 434 valence electrons. The van der Waals surface area contributed by atoms with Crippen molar-refractivity contribution in [1.29, 1.82) is 0 Å². The second-order valence-corrected chi connectivity index (χ2v) is 23.6. The first-order valence-electron chi connectivity index (χ1n) is 26.7. The largest absolute Gasteiger partial charge is 0.460 e. The van der Waals surface area contributed by atoms with E-state index < -0.39 is 114 Å². The first-order chi connectivity index (χ1) is 38.5. The van der Waals surface area contributed by atoms with Gasteiger partial charge >= 0.3 is 11.9 Å². The van der Waals surface area contributed by atoms with Crippen LogP contribution in [0.25, 0.3) is 22.3 Å². The minimum Gasteiger partial charge on any atom is -0.460 e. The van der Waals surface area contributed by atoms with Crippen molar-refractivity contribution in [2.45, 2.75) is 135 Å². The van der Waals surface area contributed by atoms with Gasteiger partial charge in [0.05, 0.1) is 61.1 Å². The number of cyclic esters (lactones) is 1. The van der Waals surface area contributed by atoms with Crippen molar-refractivity contribution in [2.24, 2.45) is 0 Å².